The van der Waals surface area contributed by atoms with Crippen LogP contribution >= 0.6 is 0 Å². The van der Waals surface area contributed by atoms with E-state index in [2.05, 4.69) is 5.32 Å². The molecule has 1 fully saturated rings. The Morgan fingerprint density at radius 3 is 2.67 bits per heavy atom. The predicted molar refractivity (Wildman–Crippen MR) is 75.8 cm³/mol. The number of nitrogens with zero attached hydrogens (tertiary/aromatic N) is 1. The van der Waals surface area contributed by atoms with Gasteiger partial charge in [0.15, 0.2) is 0 Å². The third kappa shape index (κ3) is 5.24. The second kappa shape index (κ2) is 8.49. The van der Waals surface area contributed by atoms with Crippen LogP contribution in [0.5, 0.6) is 0 Å². The highest BCUT2D eigenvalue weighted by molar-refractivity contribution is 5.83. The molecule has 2 atom stereocenters. The van der Waals surface area contributed by atoms with Crippen molar-refractivity contribution >= 4 is 18.0 Å². The molecular formula is C14H24N2O5. The fourth-order valence-electron chi connectivity index (χ4n) is 2.50. The summed E-state index contributed by atoms with van der Waals surface area (Å²) in [5.41, 5.74) is 0. The number of aliphatic carboxylic acids is 1. The van der Waals surface area contributed by atoms with E-state index in [4.69, 9.17) is 9.84 Å². The number of nitrogens with one attached hydrogen (secondary N) is 1. The molecule has 2 unspecified atom stereocenters. The molecule has 0 radical (unpaired) electrons. The van der Waals surface area contributed by atoms with Gasteiger partial charge in [-0.3, -0.25) is 4.79 Å². The van der Waals surface area contributed by atoms with Gasteiger partial charge in [-0.15, -0.1) is 0 Å². The molecule has 0 aromatic heterocycles. The molecule has 7 heteroatoms. The zero-order valence-corrected chi connectivity index (χ0v) is 12.6. The van der Waals surface area contributed by atoms with Crippen LogP contribution in [-0.4, -0.2) is 54.2 Å². The molecular weight excluding hydrogens is 276 g/mol. The molecule has 0 aromatic rings. The molecule has 2 amide bonds. The lowest BCUT2D eigenvalue weighted by Crippen LogP contribution is -2.52. The maximum Gasteiger partial charge on any atom is 0.328 e. The van der Waals surface area contributed by atoms with E-state index in [0.717, 1.165) is 12.8 Å². The van der Waals surface area contributed by atoms with Gasteiger partial charge in [0, 0.05) is 19.5 Å². The first-order valence-corrected chi connectivity index (χ1v) is 7.33. The standard InChI is InChI=1S/C14H24N2O5/c1-3-10(8-12(17)18)9-15-14(20)16-7-5-4-6-11(16)13(19)21-2/h10-11H,3-9H2,1-2H3,(H,15,20)(H,17,18). The summed E-state index contributed by atoms with van der Waals surface area (Å²) in [4.78, 5) is 36.1. The van der Waals surface area contributed by atoms with Gasteiger partial charge in [-0.05, 0) is 25.2 Å². The van der Waals surface area contributed by atoms with Crippen LogP contribution in [0, 0.1) is 5.92 Å². The van der Waals surface area contributed by atoms with Crippen LogP contribution in [0.1, 0.15) is 39.0 Å². The van der Waals surface area contributed by atoms with Crippen LogP contribution in [0.15, 0.2) is 0 Å². The molecule has 120 valence electrons. The maximum absolute atomic E-state index is 12.2. The third-order valence-electron chi connectivity index (χ3n) is 3.82. The second-order valence-electron chi connectivity index (χ2n) is 5.29. The van der Waals surface area contributed by atoms with Gasteiger partial charge in [0.1, 0.15) is 6.04 Å². The van der Waals surface area contributed by atoms with Crippen molar-refractivity contribution in [2.75, 3.05) is 20.2 Å². The van der Waals surface area contributed by atoms with Gasteiger partial charge in [-0.1, -0.05) is 13.3 Å². The Hall–Kier alpha value is -1.79. The number of carbonyl (C=O) groups is 3. The molecule has 1 saturated heterocycles. The molecule has 0 aliphatic carbocycles. The lowest BCUT2D eigenvalue weighted by molar-refractivity contribution is -0.147. The molecule has 21 heavy (non-hydrogen) atoms. The molecule has 1 heterocycles. The Bertz CT molecular complexity index is 386. The summed E-state index contributed by atoms with van der Waals surface area (Å²) in [6.07, 6.45) is 3.05. The van der Waals surface area contributed by atoms with Crippen molar-refractivity contribution in [3.63, 3.8) is 0 Å². The summed E-state index contributed by atoms with van der Waals surface area (Å²) < 4.78 is 4.73. The van der Waals surface area contributed by atoms with Crippen LogP contribution in [-0.2, 0) is 14.3 Å². The monoisotopic (exact) mass is 300 g/mol. The average Bonchev–Trinajstić information content (AvgIpc) is 2.49. The number of carbonyl (C=O) groups excluding carboxylic acids is 2. The largest absolute Gasteiger partial charge is 0.481 e. The number of carboxylic acids is 1. The summed E-state index contributed by atoms with van der Waals surface area (Å²) in [5, 5.41) is 11.5. The van der Waals surface area contributed by atoms with Gasteiger partial charge in [0.05, 0.1) is 7.11 Å². The summed E-state index contributed by atoms with van der Waals surface area (Å²) in [6.45, 7) is 2.70. The summed E-state index contributed by atoms with van der Waals surface area (Å²) >= 11 is 0. The van der Waals surface area contributed by atoms with Crippen molar-refractivity contribution in [1.82, 2.24) is 10.2 Å². The number of ether oxygens (including phenoxy) is 1. The highest BCUT2D eigenvalue weighted by Crippen LogP contribution is 2.18. The van der Waals surface area contributed by atoms with Crippen LogP contribution in [0.3, 0.4) is 0 Å². The quantitative estimate of drug-likeness (QED) is 0.719. The smallest absolute Gasteiger partial charge is 0.328 e. The number of esters is 1. The first-order valence-electron chi connectivity index (χ1n) is 7.33. The van der Waals surface area contributed by atoms with Gasteiger partial charge in [0.2, 0.25) is 0 Å². The number of methoxy groups -OCH3 is 1. The molecule has 2 N–H and O–H groups in total. The Labute approximate surface area is 124 Å². The van der Waals surface area contributed by atoms with Crippen molar-refractivity contribution in [3.05, 3.63) is 0 Å². The average molecular weight is 300 g/mol. The van der Waals surface area contributed by atoms with Crippen molar-refractivity contribution in [2.45, 2.75) is 45.1 Å². The molecule has 0 spiro atoms. The predicted octanol–water partition coefficient (Wildman–Crippen LogP) is 1.22. The van der Waals surface area contributed by atoms with Crippen molar-refractivity contribution < 1.29 is 24.2 Å². The Morgan fingerprint density at radius 1 is 1.38 bits per heavy atom. The van der Waals surface area contributed by atoms with Gasteiger partial charge in [0.25, 0.3) is 0 Å². The molecule has 1 rings (SSSR count). The Kier molecular flexibility index (Phi) is 6.98. The Morgan fingerprint density at radius 2 is 2.10 bits per heavy atom. The molecule has 1 aliphatic rings. The summed E-state index contributed by atoms with van der Waals surface area (Å²) in [6, 6.07) is -0.864. The zero-order chi connectivity index (χ0) is 15.8. The first kappa shape index (κ1) is 17.3. The SMILES string of the molecule is CCC(CNC(=O)N1CCCCC1C(=O)OC)CC(=O)O. The minimum absolute atomic E-state index is 0.0250. The fraction of sp³-hybridized carbons (Fsp3) is 0.786. The molecule has 7 nitrogen and oxygen atoms in total. The summed E-state index contributed by atoms with van der Waals surface area (Å²) in [7, 11) is 1.31. The highest BCUT2D eigenvalue weighted by atomic mass is 16.5. The van der Waals surface area contributed by atoms with E-state index in [1.807, 2.05) is 6.92 Å². The number of hydrogen-bond acceptors (Lipinski definition) is 4. The van der Waals surface area contributed by atoms with E-state index < -0.39 is 18.0 Å². The lowest BCUT2D eigenvalue weighted by Gasteiger charge is -2.34. The van der Waals surface area contributed by atoms with Gasteiger partial charge < -0.3 is 20.1 Å². The topological polar surface area (TPSA) is 95.9 Å². The van der Waals surface area contributed by atoms with E-state index in [-0.39, 0.29) is 18.4 Å². The van der Waals surface area contributed by atoms with E-state index in [0.29, 0.717) is 25.9 Å². The number of carboxylic acid groups (broad SMARTS) is 1. The van der Waals surface area contributed by atoms with Crippen molar-refractivity contribution in [1.29, 1.82) is 0 Å². The second-order valence-corrected chi connectivity index (χ2v) is 5.29. The minimum atomic E-state index is -0.874. The normalized spacial score (nSPS) is 19.7. The zero-order valence-electron chi connectivity index (χ0n) is 12.6. The molecule has 1 aliphatic heterocycles. The summed E-state index contributed by atoms with van der Waals surface area (Å²) in [5.74, 6) is -1.38. The minimum Gasteiger partial charge on any atom is -0.481 e. The van der Waals surface area contributed by atoms with Crippen molar-refractivity contribution in [3.8, 4) is 0 Å². The molecule has 0 aromatic carbocycles. The van der Waals surface area contributed by atoms with E-state index in [9.17, 15) is 14.4 Å². The highest BCUT2D eigenvalue weighted by Gasteiger charge is 2.32. The number of likely N-dealkylation sites (tertiary alicyclic amines) is 1. The van der Waals surface area contributed by atoms with Gasteiger partial charge in [-0.25, -0.2) is 9.59 Å². The van der Waals surface area contributed by atoms with Crippen LogP contribution < -0.4 is 5.32 Å². The third-order valence-corrected chi connectivity index (χ3v) is 3.82. The lowest BCUT2D eigenvalue weighted by atomic mass is 10.0. The van der Waals surface area contributed by atoms with Crippen LogP contribution in [0.2, 0.25) is 0 Å². The fourth-order valence-corrected chi connectivity index (χ4v) is 2.50. The van der Waals surface area contributed by atoms with E-state index in [1.165, 1.54) is 12.0 Å². The number of amides is 2. The van der Waals surface area contributed by atoms with Crippen molar-refractivity contribution in [2.24, 2.45) is 5.92 Å². The van der Waals surface area contributed by atoms with Crippen LogP contribution in [0.4, 0.5) is 4.79 Å². The number of hydrogen-bond donors (Lipinski definition) is 2. The Balaban J connectivity index is 2.55. The first-order chi connectivity index (χ1) is 9.99. The van der Waals surface area contributed by atoms with Gasteiger partial charge >= 0.3 is 18.0 Å². The maximum atomic E-state index is 12.2. The molecule has 0 saturated carbocycles. The van der Waals surface area contributed by atoms with Gasteiger partial charge in [-0.2, -0.15) is 0 Å². The van der Waals surface area contributed by atoms with Crippen LogP contribution in [0.25, 0.3) is 0 Å². The van der Waals surface area contributed by atoms with E-state index in [1.54, 1.807) is 0 Å². The number of piperidine rings is 1. The molecule has 0 bridgehead atoms. The number of urea groups is 1. The number of rotatable bonds is 6. The van der Waals surface area contributed by atoms with E-state index >= 15 is 0 Å².